The van der Waals surface area contributed by atoms with Gasteiger partial charge in [-0.2, -0.15) is 5.10 Å². The molecule has 0 radical (unpaired) electrons. The van der Waals surface area contributed by atoms with Crippen molar-refractivity contribution in [2.24, 2.45) is 12.8 Å². The zero-order chi connectivity index (χ0) is 28.2. The topological polar surface area (TPSA) is 138 Å². The van der Waals surface area contributed by atoms with Crippen LogP contribution in [0.25, 0.3) is 26.9 Å². The molecule has 0 aliphatic carbocycles. The highest BCUT2D eigenvalue weighted by Gasteiger charge is 2.26. The minimum absolute atomic E-state index is 0.0209. The summed E-state index contributed by atoms with van der Waals surface area (Å²) in [5, 5.41) is 4.72. The van der Waals surface area contributed by atoms with E-state index in [9.17, 15) is 22.0 Å². The van der Waals surface area contributed by atoms with Crippen LogP contribution >= 0.6 is 34.7 Å². The first kappa shape index (κ1) is 27.5. The molecule has 3 heterocycles. The maximum atomic E-state index is 14.0. The lowest BCUT2D eigenvalue weighted by molar-refractivity contribution is 0.572. The second-order valence-corrected chi connectivity index (χ2v) is 12.9. The van der Waals surface area contributed by atoms with Gasteiger partial charge in [0.25, 0.3) is 5.56 Å². The molecule has 0 amide bonds. The van der Waals surface area contributed by atoms with Gasteiger partial charge in [-0.3, -0.25) is 18.8 Å². The molecule has 10 nitrogen and oxygen atoms in total. The molecule has 2 aromatic carbocycles. The summed E-state index contributed by atoms with van der Waals surface area (Å²) in [6.07, 6.45) is 2.75. The monoisotopic (exact) mass is 611 g/mol. The maximum Gasteiger partial charge on any atom is 0.277 e. The maximum absolute atomic E-state index is 14.0. The van der Waals surface area contributed by atoms with E-state index in [1.165, 1.54) is 27.1 Å². The number of hydrogen-bond donors (Lipinski definition) is 2. The average Bonchev–Trinajstić information content (AvgIpc) is 3.39. The summed E-state index contributed by atoms with van der Waals surface area (Å²) in [6.45, 7) is 0. The number of nitrogens with zero attached hydrogens (tertiary/aromatic N) is 5. The van der Waals surface area contributed by atoms with Crippen LogP contribution in [0.15, 0.2) is 39.5 Å². The number of sulfonamides is 1. The van der Waals surface area contributed by atoms with Gasteiger partial charge in [0, 0.05) is 13.1 Å². The van der Waals surface area contributed by atoms with Crippen LogP contribution in [0, 0.1) is 11.6 Å². The zero-order valence-electron chi connectivity index (χ0n) is 20.6. The molecule has 3 aromatic heterocycles. The van der Waals surface area contributed by atoms with Crippen LogP contribution < -0.4 is 16.0 Å². The summed E-state index contributed by atoms with van der Waals surface area (Å²) < 4.78 is 57.6. The minimum atomic E-state index is -3.71. The number of nitrogens with one attached hydrogen (secondary N) is 1. The lowest BCUT2D eigenvalue weighted by Gasteiger charge is -2.19. The lowest BCUT2D eigenvalue weighted by Crippen LogP contribution is -2.29. The number of halogens is 3. The third-order valence-electron chi connectivity index (χ3n) is 5.76. The molecule has 0 saturated carbocycles. The van der Waals surface area contributed by atoms with E-state index in [1.54, 1.807) is 13.1 Å². The van der Waals surface area contributed by atoms with E-state index in [2.05, 4.69) is 19.8 Å². The number of benzene rings is 2. The van der Waals surface area contributed by atoms with Gasteiger partial charge in [-0.15, -0.1) is 11.3 Å². The largest absolute Gasteiger partial charge is 0.321 e. The number of anilines is 1. The second-order valence-electron chi connectivity index (χ2n) is 8.67. The molecule has 0 bridgehead atoms. The summed E-state index contributed by atoms with van der Waals surface area (Å²) in [4.78, 5) is 23.0. The summed E-state index contributed by atoms with van der Waals surface area (Å²) in [7, 11) is -2.14. The van der Waals surface area contributed by atoms with Crippen molar-refractivity contribution in [1.29, 1.82) is 0 Å². The van der Waals surface area contributed by atoms with Crippen LogP contribution in [0.4, 0.5) is 14.6 Å². The Labute approximate surface area is 233 Å². The highest BCUT2D eigenvalue weighted by atomic mass is 35.5. The molecule has 204 valence electrons. The Morgan fingerprint density at radius 2 is 1.90 bits per heavy atom. The molecule has 5 aromatic rings. The van der Waals surface area contributed by atoms with Gasteiger partial charge in [0.15, 0.2) is 15.8 Å². The summed E-state index contributed by atoms with van der Waals surface area (Å²) >= 11 is 8.97. The van der Waals surface area contributed by atoms with Crippen LogP contribution in [0.5, 0.6) is 0 Å². The van der Waals surface area contributed by atoms with Crippen LogP contribution in [0.2, 0.25) is 5.02 Å². The predicted octanol–water partition coefficient (Wildman–Crippen LogP) is 4.00. The first-order valence-electron chi connectivity index (χ1n) is 11.2. The van der Waals surface area contributed by atoms with Gasteiger partial charge in [0.05, 0.1) is 33.9 Å². The number of thioether (sulfide) groups is 1. The van der Waals surface area contributed by atoms with Crippen LogP contribution in [-0.2, 0) is 23.5 Å². The molecule has 0 unspecified atom stereocenters. The Kier molecular flexibility index (Phi) is 7.13. The Hall–Kier alpha value is -3.11. The number of aryl methyl sites for hydroxylation is 1. The van der Waals surface area contributed by atoms with Gasteiger partial charge in [0.2, 0.25) is 10.0 Å². The smallest absolute Gasteiger partial charge is 0.277 e. The zero-order valence-corrected chi connectivity index (χ0v) is 23.8. The fourth-order valence-electron chi connectivity index (χ4n) is 4.30. The summed E-state index contributed by atoms with van der Waals surface area (Å²) in [5.41, 5.74) is 7.12. The Balaban J connectivity index is 1.80. The lowest BCUT2D eigenvalue weighted by atomic mass is 10.0. The van der Waals surface area contributed by atoms with E-state index in [0.717, 1.165) is 35.8 Å². The average molecular weight is 612 g/mol. The van der Waals surface area contributed by atoms with Gasteiger partial charge in [0.1, 0.15) is 22.2 Å². The molecule has 0 saturated heterocycles. The van der Waals surface area contributed by atoms with Crippen molar-refractivity contribution in [3.05, 3.63) is 68.7 Å². The van der Waals surface area contributed by atoms with Gasteiger partial charge in [-0.25, -0.2) is 27.2 Å². The molecular weight excluding hydrogens is 592 g/mol. The number of aromatic nitrogens is 5. The van der Waals surface area contributed by atoms with Crippen molar-refractivity contribution in [2.75, 3.05) is 17.2 Å². The number of fused-ring (bicyclic) bond motifs is 2. The molecule has 5 rings (SSSR count). The normalized spacial score (nSPS) is 12.9. The SMILES string of the molecule is CSc1nc2nc([C@@H](N)Cc3cc(F)cc(F)c3)n(-c3ccc(Cl)c4c(NS(C)(=O)=O)nn(C)c34)c(=O)c2s1. The van der Waals surface area contributed by atoms with Crippen molar-refractivity contribution >= 4 is 71.8 Å². The van der Waals surface area contributed by atoms with E-state index in [1.807, 2.05) is 6.26 Å². The number of hydrogen-bond acceptors (Lipinski definition) is 9. The number of nitrogens with two attached hydrogens (primary N) is 1. The summed E-state index contributed by atoms with van der Waals surface area (Å²) in [6, 6.07) is 5.15. The predicted molar refractivity (Wildman–Crippen MR) is 150 cm³/mol. The molecule has 0 spiro atoms. The van der Waals surface area contributed by atoms with Crippen LogP contribution in [0.3, 0.4) is 0 Å². The van der Waals surface area contributed by atoms with Crippen molar-refractivity contribution in [2.45, 2.75) is 16.8 Å². The van der Waals surface area contributed by atoms with Gasteiger partial charge in [-0.1, -0.05) is 23.4 Å². The van der Waals surface area contributed by atoms with E-state index in [4.69, 9.17) is 17.3 Å². The second kappa shape index (κ2) is 10.1. The van der Waals surface area contributed by atoms with E-state index in [-0.39, 0.29) is 50.1 Å². The Bertz CT molecular complexity index is 1920. The van der Waals surface area contributed by atoms with Crippen LogP contribution in [0.1, 0.15) is 17.4 Å². The van der Waals surface area contributed by atoms with E-state index < -0.39 is 33.3 Å². The molecule has 16 heteroatoms. The highest BCUT2D eigenvalue weighted by molar-refractivity contribution is 8.00. The van der Waals surface area contributed by atoms with Gasteiger partial charge < -0.3 is 5.73 Å². The summed E-state index contributed by atoms with van der Waals surface area (Å²) in [5.74, 6) is -1.46. The number of rotatable bonds is 7. The Morgan fingerprint density at radius 1 is 1.21 bits per heavy atom. The molecule has 39 heavy (non-hydrogen) atoms. The van der Waals surface area contributed by atoms with E-state index >= 15 is 0 Å². The molecule has 0 fully saturated rings. The fraction of sp³-hybridized carbons (Fsp3) is 0.217. The third kappa shape index (κ3) is 5.24. The molecule has 1 atom stereocenters. The molecular formula is C23H20ClF2N7O3S3. The quantitative estimate of drug-likeness (QED) is 0.264. The van der Waals surface area contributed by atoms with Crippen molar-refractivity contribution < 1.29 is 17.2 Å². The highest BCUT2D eigenvalue weighted by Crippen LogP contribution is 2.36. The van der Waals surface area contributed by atoms with Gasteiger partial charge in [-0.05, 0) is 42.5 Å². The fourth-order valence-corrected chi connectivity index (χ4v) is 6.47. The van der Waals surface area contributed by atoms with Gasteiger partial charge >= 0.3 is 0 Å². The molecule has 3 N–H and O–H groups in total. The Morgan fingerprint density at radius 3 is 2.54 bits per heavy atom. The third-order valence-corrected chi connectivity index (χ3v) is 8.66. The first-order valence-corrected chi connectivity index (χ1v) is 15.5. The van der Waals surface area contributed by atoms with Crippen molar-refractivity contribution in [1.82, 2.24) is 24.3 Å². The standard InChI is InChI=1S/C23H20ClF2N7O3S3/c1-32-17-15(5-4-13(24)16(17)19(30-32)31-39(3,35)36)33-21(14(27)8-10-6-11(25)9-12(26)7-10)28-20-18(22(33)34)38-23(29-20)37-2/h4-7,9,14H,8,27H2,1-3H3,(H,30,31)/t14-/m0/s1. The van der Waals surface area contributed by atoms with Crippen molar-refractivity contribution in [3.63, 3.8) is 0 Å². The van der Waals surface area contributed by atoms with E-state index in [0.29, 0.717) is 9.86 Å². The number of thiazole rings is 1. The van der Waals surface area contributed by atoms with Crippen molar-refractivity contribution in [3.8, 4) is 5.69 Å². The molecule has 0 aliphatic heterocycles. The first-order chi connectivity index (χ1) is 18.4. The molecule has 0 aliphatic rings. The van der Waals surface area contributed by atoms with Crippen LogP contribution in [-0.4, -0.2) is 45.2 Å². The minimum Gasteiger partial charge on any atom is -0.321 e.